The van der Waals surface area contributed by atoms with Crippen molar-refractivity contribution in [3.63, 3.8) is 0 Å². The molecule has 0 radical (unpaired) electrons. The molecule has 0 aromatic heterocycles. The van der Waals surface area contributed by atoms with E-state index in [9.17, 15) is 4.79 Å². The first-order chi connectivity index (χ1) is 10.6. The van der Waals surface area contributed by atoms with Gasteiger partial charge in [0.05, 0.1) is 5.56 Å². The highest BCUT2D eigenvalue weighted by atomic mass is 16.5. The second-order valence-corrected chi connectivity index (χ2v) is 4.78. The van der Waals surface area contributed by atoms with Gasteiger partial charge in [0.15, 0.2) is 0 Å². The van der Waals surface area contributed by atoms with Crippen LogP contribution in [-0.4, -0.2) is 5.97 Å². The van der Waals surface area contributed by atoms with Crippen molar-refractivity contribution in [2.75, 3.05) is 0 Å². The summed E-state index contributed by atoms with van der Waals surface area (Å²) in [6.07, 6.45) is 1.25. The predicted molar refractivity (Wildman–Crippen MR) is 94.6 cm³/mol. The van der Waals surface area contributed by atoms with Gasteiger partial charge in [0.2, 0.25) is 0 Å². The highest BCUT2D eigenvalue weighted by Crippen LogP contribution is 2.14. The summed E-state index contributed by atoms with van der Waals surface area (Å²) in [5, 5.41) is 0. The van der Waals surface area contributed by atoms with Crippen LogP contribution in [0.2, 0.25) is 0 Å². The fourth-order valence-corrected chi connectivity index (χ4v) is 1.46. The molecule has 0 aliphatic heterocycles. The molecule has 2 aromatic carbocycles. The number of carbonyl (C=O) groups excluding carboxylic acids is 1. The number of rotatable bonds is 2. The Kier molecular flexibility index (Phi) is 10.5. The molecule has 2 nitrogen and oxygen atoms in total. The lowest BCUT2D eigenvalue weighted by atomic mass is 10.1. The van der Waals surface area contributed by atoms with E-state index in [1.807, 2.05) is 52.0 Å². The molecule has 0 bridgehead atoms. The number of benzene rings is 2. The molecule has 22 heavy (non-hydrogen) atoms. The van der Waals surface area contributed by atoms with Gasteiger partial charge >= 0.3 is 5.97 Å². The minimum absolute atomic E-state index is 0.325. The SMILES string of the molecule is CC.CCC.Cc1ccc(OC(=O)c2ccc(C)cc2)cc1. The van der Waals surface area contributed by atoms with Crippen LogP contribution >= 0.6 is 0 Å². The molecule has 0 amide bonds. The molecule has 0 aliphatic rings. The summed E-state index contributed by atoms with van der Waals surface area (Å²) >= 11 is 0. The third kappa shape index (κ3) is 7.63. The molecule has 0 heterocycles. The lowest BCUT2D eigenvalue weighted by Crippen LogP contribution is -2.08. The first-order valence-electron chi connectivity index (χ1n) is 7.92. The average Bonchev–Trinajstić information content (AvgIpc) is 2.53. The fraction of sp³-hybridized carbons (Fsp3) is 0.350. The topological polar surface area (TPSA) is 26.3 Å². The molecule has 2 aromatic rings. The van der Waals surface area contributed by atoms with E-state index in [-0.39, 0.29) is 5.97 Å². The Morgan fingerprint density at radius 1 is 0.818 bits per heavy atom. The number of hydrogen-bond donors (Lipinski definition) is 0. The molecule has 120 valence electrons. The van der Waals surface area contributed by atoms with E-state index >= 15 is 0 Å². The molecule has 0 unspecified atom stereocenters. The Morgan fingerprint density at radius 3 is 1.59 bits per heavy atom. The molecule has 0 aliphatic carbocycles. The van der Waals surface area contributed by atoms with E-state index < -0.39 is 0 Å². The molecular weight excluding hydrogens is 272 g/mol. The highest BCUT2D eigenvalue weighted by Gasteiger charge is 2.07. The molecule has 0 fully saturated rings. The van der Waals surface area contributed by atoms with E-state index in [1.165, 1.54) is 6.42 Å². The molecule has 2 rings (SSSR count). The number of ether oxygens (including phenoxy) is 1. The Labute approximate surface area is 135 Å². The molecule has 0 saturated carbocycles. The van der Waals surface area contributed by atoms with Crippen LogP contribution in [0.1, 0.15) is 55.6 Å². The van der Waals surface area contributed by atoms with E-state index in [0.29, 0.717) is 11.3 Å². The number of hydrogen-bond acceptors (Lipinski definition) is 2. The third-order valence-corrected chi connectivity index (χ3v) is 2.52. The van der Waals surface area contributed by atoms with Gasteiger partial charge in [0, 0.05) is 0 Å². The maximum Gasteiger partial charge on any atom is 0.343 e. The zero-order valence-electron chi connectivity index (χ0n) is 14.6. The number of aryl methyl sites for hydroxylation is 2. The molecule has 2 heteroatoms. The van der Waals surface area contributed by atoms with Gasteiger partial charge in [-0.25, -0.2) is 4.79 Å². The second-order valence-electron chi connectivity index (χ2n) is 4.78. The van der Waals surface area contributed by atoms with Crippen LogP contribution in [0.3, 0.4) is 0 Å². The van der Waals surface area contributed by atoms with Crippen molar-refractivity contribution in [1.29, 1.82) is 0 Å². The highest BCUT2D eigenvalue weighted by molar-refractivity contribution is 5.91. The molecule has 0 saturated heterocycles. The van der Waals surface area contributed by atoms with Crippen molar-refractivity contribution in [1.82, 2.24) is 0 Å². The molecule has 0 spiro atoms. The third-order valence-electron chi connectivity index (χ3n) is 2.52. The summed E-state index contributed by atoms with van der Waals surface area (Å²) in [6, 6.07) is 14.7. The maximum atomic E-state index is 11.8. The van der Waals surface area contributed by atoms with Crippen LogP contribution < -0.4 is 4.74 Å². The molecule has 0 atom stereocenters. The van der Waals surface area contributed by atoms with Gasteiger partial charge < -0.3 is 4.74 Å². The van der Waals surface area contributed by atoms with Crippen LogP contribution in [-0.2, 0) is 0 Å². The number of carbonyl (C=O) groups is 1. The molecule has 0 N–H and O–H groups in total. The van der Waals surface area contributed by atoms with Gasteiger partial charge in [0.1, 0.15) is 5.75 Å². The van der Waals surface area contributed by atoms with E-state index in [0.717, 1.165) is 11.1 Å². The van der Waals surface area contributed by atoms with Crippen LogP contribution in [0.5, 0.6) is 5.75 Å². The largest absolute Gasteiger partial charge is 0.423 e. The van der Waals surface area contributed by atoms with Crippen molar-refractivity contribution in [3.05, 3.63) is 65.2 Å². The fourth-order valence-electron chi connectivity index (χ4n) is 1.46. The Hall–Kier alpha value is -2.09. The standard InChI is InChI=1S/C15H14O2.C3H8.C2H6/c1-11-3-7-13(8-4-11)15(16)17-14-9-5-12(2)6-10-14;1-3-2;1-2/h3-10H,1-2H3;3H2,1-2H3;1-2H3. The maximum absolute atomic E-state index is 11.8. The van der Waals surface area contributed by atoms with E-state index in [1.54, 1.807) is 24.3 Å². The Bertz CT molecular complexity index is 525. The summed E-state index contributed by atoms with van der Waals surface area (Å²) in [5.41, 5.74) is 2.83. The van der Waals surface area contributed by atoms with Gasteiger partial charge in [-0.05, 0) is 38.1 Å². The van der Waals surface area contributed by atoms with Crippen molar-refractivity contribution in [2.24, 2.45) is 0 Å². The molecular formula is C20H28O2. The second kappa shape index (κ2) is 11.6. The van der Waals surface area contributed by atoms with E-state index in [2.05, 4.69) is 13.8 Å². The van der Waals surface area contributed by atoms with Crippen molar-refractivity contribution < 1.29 is 9.53 Å². The summed E-state index contributed by atoms with van der Waals surface area (Å²) in [7, 11) is 0. The zero-order chi connectivity index (χ0) is 17.0. The monoisotopic (exact) mass is 300 g/mol. The summed E-state index contributed by atoms with van der Waals surface area (Å²) in [4.78, 5) is 11.8. The van der Waals surface area contributed by atoms with Crippen molar-refractivity contribution in [2.45, 2.75) is 48.0 Å². The zero-order valence-corrected chi connectivity index (χ0v) is 14.6. The van der Waals surface area contributed by atoms with Crippen LogP contribution in [0, 0.1) is 13.8 Å². The van der Waals surface area contributed by atoms with E-state index in [4.69, 9.17) is 4.74 Å². The first-order valence-corrected chi connectivity index (χ1v) is 7.92. The van der Waals surface area contributed by atoms with Crippen molar-refractivity contribution in [3.8, 4) is 5.75 Å². The van der Waals surface area contributed by atoms with Crippen molar-refractivity contribution >= 4 is 5.97 Å². The Morgan fingerprint density at radius 2 is 1.18 bits per heavy atom. The van der Waals surface area contributed by atoms with Gasteiger partial charge in [-0.15, -0.1) is 0 Å². The van der Waals surface area contributed by atoms with Gasteiger partial charge in [-0.1, -0.05) is 69.5 Å². The first kappa shape index (κ1) is 19.9. The van der Waals surface area contributed by atoms with Crippen LogP contribution in [0.15, 0.2) is 48.5 Å². The lowest BCUT2D eigenvalue weighted by Gasteiger charge is -2.04. The Balaban J connectivity index is 0.000000789. The summed E-state index contributed by atoms with van der Waals surface area (Å²) in [6.45, 7) is 12.2. The van der Waals surface area contributed by atoms with Gasteiger partial charge in [-0.3, -0.25) is 0 Å². The average molecular weight is 300 g/mol. The minimum Gasteiger partial charge on any atom is -0.423 e. The van der Waals surface area contributed by atoms with Gasteiger partial charge in [0.25, 0.3) is 0 Å². The predicted octanol–water partition coefficient (Wildman–Crippen LogP) is 5.97. The normalized spacial score (nSPS) is 8.82. The lowest BCUT2D eigenvalue weighted by molar-refractivity contribution is 0.0734. The summed E-state index contributed by atoms with van der Waals surface area (Å²) < 4.78 is 5.26. The minimum atomic E-state index is -0.325. The number of esters is 1. The van der Waals surface area contributed by atoms with Crippen LogP contribution in [0.25, 0.3) is 0 Å². The smallest absolute Gasteiger partial charge is 0.343 e. The van der Waals surface area contributed by atoms with Crippen LogP contribution in [0.4, 0.5) is 0 Å². The summed E-state index contributed by atoms with van der Waals surface area (Å²) in [5.74, 6) is 0.245. The van der Waals surface area contributed by atoms with Gasteiger partial charge in [-0.2, -0.15) is 0 Å². The quantitative estimate of drug-likeness (QED) is 0.505.